The zero-order valence-electron chi connectivity index (χ0n) is 16.2. The van der Waals surface area contributed by atoms with E-state index in [2.05, 4.69) is 20.3 Å². The second-order valence-corrected chi connectivity index (χ2v) is 6.89. The second kappa shape index (κ2) is 9.61. The molecule has 0 atom stereocenters. The fourth-order valence-electron chi connectivity index (χ4n) is 3.58. The van der Waals surface area contributed by atoms with Crippen molar-refractivity contribution in [2.75, 3.05) is 11.1 Å². The number of rotatable bonds is 4. The molecule has 1 aromatic carbocycles. The molecule has 3 aromatic rings. The number of nitrogens with zero attached hydrogens (tertiary/aromatic N) is 3. The lowest BCUT2D eigenvalue weighted by Gasteiger charge is -2.29. The molecule has 1 aliphatic rings. The standard InChI is InChI=1S/C20H23N5O.CO2/c1-13-12-16(21)19-17(24-13)4-2-5-18(19)26-15-8-6-14(7-9-15)25-20-22-10-3-11-23-20;2-1-3/h2-5,10-12,14-15H,6-9H2,1H3,(H2,21,24)(H,22,23,25);. The van der Waals surface area contributed by atoms with Gasteiger partial charge < -0.3 is 15.8 Å². The summed E-state index contributed by atoms with van der Waals surface area (Å²) in [4.78, 5) is 29.3. The molecule has 0 bridgehead atoms. The molecule has 0 amide bonds. The lowest BCUT2D eigenvalue weighted by atomic mass is 9.93. The number of carbonyl (C=O) groups excluding carboxylic acids is 2. The highest BCUT2D eigenvalue weighted by Crippen LogP contribution is 2.33. The number of nitrogens with one attached hydrogen (secondary N) is 1. The van der Waals surface area contributed by atoms with Crippen molar-refractivity contribution < 1.29 is 14.3 Å². The average molecular weight is 393 g/mol. The van der Waals surface area contributed by atoms with Crippen LogP contribution in [0.4, 0.5) is 11.6 Å². The summed E-state index contributed by atoms with van der Waals surface area (Å²) in [5, 5.41) is 4.32. The number of nitrogen functional groups attached to an aromatic ring is 1. The van der Waals surface area contributed by atoms with E-state index in [9.17, 15) is 0 Å². The van der Waals surface area contributed by atoms with E-state index in [1.807, 2.05) is 37.3 Å². The summed E-state index contributed by atoms with van der Waals surface area (Å²) >= 11 is 0. The third-order valence-electron chi connectivity index (χ3n) is 4.82. The Morgan fingerprint density at radius 2 is 1.79 bits per heavy atom. The van der Waals surface area contributed by atoms with E-state index < -0.39 is 0 Å². The SMILES string of the molecule is Cc1cc(N)c2c(OC3CCC(Nc4ncccn4)CC3)cccc2n1.O=C=O. The van der Waals surface area contributed by atoms with Crippen LogP contribution in [0.2, 0.25) is 0 Å². The number of ether oxygens (including phenoxy) is 1. The summed E-state index contributed by atoms with van der Waals surface area (Å²) in [6, 6.07) is 10.0. The molecule has 0 unspecified atom stereocenters. The molecule has 8 heteroatoms. The summed E-state index contributed by atoms with van der Waals surface area (Å²) in [7, 11) is 0. The molecule has 29 heavy (non-hydrogen) atoms. The first-order valence-corrected chi connectivity index (χ1v) is 9.46. The van der Waals surface area contributed by atoms with Crippen molar-refractivity contribution in [1.29, 1.82) is 0 Å². The molecule has 1 aliphatic carbocycles. The van der Waals surface area contributed by atoms with Gasteiger partial charge in [-0.25, -0.2) is 9.97 Å². The van der Waals surface area contributed by atoms with Crippen LogP contribution in [0.3, 0.4) is 0 Å². The Morgan fingerprint density at radius 1 is 1.10 bits per heavy atom. The number of hydrogen-bond donors (Lipinski definition) is 2. The van der Waals surface area contributed by atoms with Crippen LogP contribution in [0.25, 0.3) is 10.9 Å². The Morgan fingerprint density at radius 3 is 2.48 bits per heavy atom. The van der Waals surface area contributed by atoms with Crippen molar-refractivity contribution in [1.82, 2.24) is 15.0 Å². The molecular formula is C21H23N5O3. The van der Waals surface area contributed by atoms with Crippen LogP contribution >= 0.6 is 0 Å². The van der Waals surface area contributed by atoms with Crippen LogP contribution in [-0.4, -0.2) is 33.2 Å². The summed E-state index contributed by atoms with van der Waals surface area (Å²) in [5.74, 6) is 1.52. The highest BCUT2D eigenvalue weighted by atomic mass is 16.5. The molecule has 1 fully saturated rings. The fraction of sp³-hybridized carbons (Fsp3) is 0.333. The van der Waals surface area contributed by atoms with Crippen molar-refractivity contribution in [3.05, 3.63) is 48.4 Å². The summed E-state index contributed by atoms with van der Waals surface area (Å²) in [6.07, 6.45) is 7.98. The minimum atomic E-state index is 0.191. The van der Waals surface area contributed by atoms with Crippen LogP contribution < -0.4 is 15.8 Å². The van der Waals surface area contributed by atoms with Gasteiger partial charge in [-0.05, 0) is 56.9 Å². The van der Waals surface area contributed by atoms with Crippen molar-refractivity contribution in [3.8, 4) is 5.75 Å². The van der Waals surface area contributed by atoms with E-state index >= 15 is 0 Å². The van der Waals surface area contributed by atoms with Gasteiger partial charge in [-0.2, -0.15) is 9.59 Å². The van der Waals surface area contributed by atoms with Crippen LogP contribution in [0, 0.1) is 6.92 Å². The molecule has 8 nitrogen and oxygen atoms in total. The third kappa shape index (κ3) is 5.27. The van der Waals surface area contributed by atoms with Gasteiger partial charge in [0, 0.05) is 29.8 Å². The van der Waals surface area contributed by atoms with E-state index in [0.717, 1.165) is 53.7 Å². The molecule has 0 radical (unpaired) electrons. The van der Waals surface area contributed by atoms with Crippen LogP contribution in [0.1, 0.15) is 31.4 Å². The zero-order chi connectivity index (χ0) is 20.6. The molecule has 0 aliphatic heterocycles. The van der Waals surface area contributed by atoms with Gasteiger partial charge in [-0.15, -0.1) is 0 Å². The number of aryl methyl sites for hydroxylation is 1. The largest absolute Gasteiger partial charge is 0.490 e. The van der Waals surface area contributed by atoms with Crippen LogP contribution in [0.5, 0.6) is 5.75 Å². The third-order valence-corrected chi connectivity index (χ3v) is 4.82. The number of anilines is 2. The highest BCUT2D eigenvalue weighted by Gasteiger charge is 2.23. The van der Waals surface area contributed by atoms with Crippen molar-refractivity contribution >= 4 is 28.7 Å². The molecule has 4 rings (SSSR count). The van der Waals surface area contributed by atoms with Crippen molar-refractivity contribution in [2.45, 2.75) is 44.8 Å². The van der Waals surface area contributed by atoms with Gasteiger partial charge in [0.2, 0.25) is 5.95 Å². The topological polar surface area (TPSA) is 120 Å². The molecule has 0 saturated heterocycles. The Kier molecular flexibility index (Phi) is 6.71. The van der Waals surface area contributed by atoms with E-state index in [1.165, 1.54) is 0 Å². The average Bonchev–Trinajstić information content (AvgIpc) is 2.70. The Labute approximate surface area is 168 Å². The van der Waals surface area contributed by atoms with Crippen molar-refractivity contribution in [3.63, 3.8) is 0 Å². The lowest BCUT2D eigenvalue weighted by molar-refractivity contribution is -0.191. The number of hydrogen-bond acceptors (Lipinski definition) is 8. The molecule has 150 valence electrons. The molecule has 0 spiro atoms. The van der Waals surface area contributed by atoms with E-state index in [4.69, 9.17) is 20.1 Å². The Balaban J connectivity index is 0.000000755. The molecule has 2 aromatic heterocycles. The first-order valence-electron chi connectivity index (χ1n) is 9.46. The number of aromatic nitrogens is 3. The summed E-state index contributed by atoms with van der Waals surface area (Å²) in [6.45, 7) is 1.95. The van der Waals surface area contributed by atoms with Gasteiger partial charge in [0.15, 0.2) is 0 Å². The van der Waals surface area contributed by atoms with Gasteiger partial charge >= 0.3 is 6.15 Å². The second-order valence-electron chi connectivity index (χ2n) is 6.89. The van der Waals surface area contributed by atoms with Gasteiger partial charge in [-0.1, -0.05) is 6.07 Å². The van der Waals surface area contributed by atoms with Crippen molar-refractivity contribution in [2.24, 2.45) is 0 Å². The fourth-order valence-corrected chi connectivity index (χ4v) is 3.58. The highest BCUT2D eigenvalue weighted by molar-refractivity contribution is 5.95. The first-order chi connectivity index (χ1) is 14.1. The Hall–Kier alpha value is -3.51. The van der Waals surface area contributed by atoms with E-state index in [1.54, 1.807) is 12.4 Å². The number of fused-ring (bicyclic) bond motifs is 1. The monoisotopic (exact) mass is 393 g/mol. The number of benzene rings is 1. The minimum absolute atomic E-state index is 0.191. The van der Waals surface area contributed by atoms with E-state index in [-0.39, 0.29) is 12.3 Å². The molecule has 1 saturated carbocycles. The smallest absolute Gasteiger partial charge is 0.373 e. The molecular weight excluding hydrogens is 370 g/mol. The predicted octanol–water partition coefficient (Wildman–Crippen LogP) is 3.13. The Bertz CT molecular complexity index is 982. The normalized spacial score (nSPS) is 18.2. The number of pyridine rings is 1. The maximum atomic E-state index is 8.12. The van der Waals surface area contributed by atoms with Crippen LogP contribution in [0.15, 0.2) is 42.7 Å². The predicted molar refractivity (Wildman–Crippen MR) is 108 cm³/mol. The van der Waals surface area contributed by atoms with Gasteiger partial charge in [0.1, 0.15) is 5.75 Å². The zero-order valence-corrected chi connectivity index (χ0v) is 16.2. The quantitative estimate of drug-likeness (QED) is 0.694. The lowest BCUT2D eigenvalue weighted by Crippen LogP contribution is -2.31. The molecule has 3 N–H and O–H groups in total. The first kappa shape index (κ1) is 20.2. The van der Waals surface area contributed by atoms with E-state index in [0.29, 0.717) is 12.0 Å². The minimum Gasteiger partial charge on any atom is -0.490 e. The maximum Gasteiger partial charge on any atom is 0.373 e. The maximum absolute atomic E-state index is 8.12. The molecule has 2 heterocycles. The number of nitrogens with two attached hydrogens (primary N) is 1. The van der Waals surface area contributed by atoms with Gasteiger partial charge in [0.25, 0.3) is 0 Å². The van der Waals surface area contributed by atoms with Gasteiger partial charge in [0.05, 0.1) is 17.0 Å². The summed E-state index contributed by atoms with van der Waals surface area (Å²) in [5.41, 5.74) is 8.75. The van der Waals surface area contributed by atoms with Gasteiger partial charge in [-0.3, -0.25) is 4.98 Å². The summed E-state index contributed by atoms with van der Waals surface area (Å²) < 4.78 is 6.31. The van der Waals surface area contributed by atoms with Crippen LogP contribution in [-0.2, 0) is 9.59 Å².